The van der Waals surface area contributed by atoms with E-state index in [0.717, 1.165) is 49.8 Å². The molecule has 0 unspecified atom stereocenters. The number of carbonyl (C=O) groups is 2. The first-order valence-electron chi connectivity index (χ1n) is 12.0. The number of likely N-dealkylation sites (tertiary alicyclic amines) is 1. The number of urea groups is 1. The Kier molecular flexibility index (Phi) is 9.50. The summed E-state index contributed by atoms with van der Waals surface area (Å²) in [5.41, 5.74) is 2.02. The molecule has 2 aliphatic rings. The Labute approximate surface area is 199 Å². The van der Waals surface area contributed by atoms with Crippen LogP contribution in [-0.2, 0) is 9.57 Å². The third-order valence-corrected chi connectivity index (χ3v) is 6.04. The van der Waals surface area contributed by atoms with Gasteiger partial charge < -0.3 is 30.2 Å². The molecule has 2 fully saturated rings. The lowest BCUT2D eigenvalue weighted by molar-refractivity contribution is 0.00403. The zero-order valence-corrected chi connectivity index (χ0v) is 19.9. The summed E-state index contributed by atoms with van der Waals surface area (Å²) in [4.78, 5) is 31.1. The van der Waals surface area contributed by atoms with E-state index in [2.05, 4.69) is 15.8 Å². The number of aliphatic hydroxyl groups excluding tert-OH is 1. The Morgan fingerprint density at radius 1 is 1.21 bits per heavy atom. The first-order valence-corrected chi connectivity index (χ1v) is 12.0. The molecule has 0 bridgehead atoms. The molecular formula is C24H35FN4O5. The highest BCUT2D eigenvalue weighted by Crippen LogP contribution is 2.33. The molecule has 1 aromatic rings. The molecule has 1 heterocycles. The van der Waals surface area contributed by atoms with E-state index in [-0.39, 0.29) is 43.1 Å². The number of amides is 3. The van der Waals surface area contributed by atoms with Gasteiger partial charge >= 0.3 is 12.1 Å². The van der Waals surface area contributed by atoms with Crippen molar-refractivity contribution >= 4 is 23.5 Å². The molecule has 10 heteroatoms. The Bertz CT molecular complexity index is 861. The highest BCUT2D eigenvalue weighted by atomic mass is 19.1. The number of oxime groups is 1. The Morgan fingerprint density at radius 3 is 2.53 bits per heavy atom. The predicted molar refractivity (Wildman–Crippen MR) is 126 cm³/mol. The Hall–Kier alpha value is -2.88. The second-order valence-electron chi connectivity index (χ2n) is 9.00. The highest BCUT2D eigenvalue weighted by Gasteiger charge is 2.26. The van der Waals surface area contributed by atoms with Crippen molar-refractivity contribution in [3.8, 4) is 0 Å². The van der Waals surface area contributed by atoms with Crippen LogP contribution in [0.15, 0.2) is 23.4 Å². The van der Waals surface area contributed by atoms with Gasteiger partial charge in [-0.2, -0.15) is 0 Å². The predicted octanol–water partition coefficient (Wildman–Crippen LogP) is 3.98. The lowest BCUT2D eigenvalue weighted by atomic mass is 9.83. The molecule has 1 aromatic carbocycles. The van der Waals surface area contributed by atoms with E-state index in [4.69, 9.17) is 14.7 Å². The maximum Gasteiger partial charge on any atom is 0.410 e. The third kappa shape index (κ3) is 7.58. The molecule has 34 heavy (non-hydrogen) atoms. The van der Waals surface area contributed by atoms with Crippen molar-refractivity contribution in [3.63, 3.8) is 0 Å². The molecule has 3 rings (SSSR count). The van der Waals surface area contributed by atoms with Crippen LogP contribution >= 0.6 is 0 Å². The first kappa shape index (κ1) is 25.7. The summed E-state index contributed by atoms with van der Waals surface area (Å²) in [6.45, 7) is 4.80. The molecule has 188 valence electrons. The molecule has 1 saturated heterocycles. The molecule has 0 atom stereocenters. The van der Waals surface area contributed by atoms with Crippen LogP contribution in [0.3, 0.4) is 0 Å². The molecule has 1 aliphatic heterocycles. The van der Waals surface area contributed by atoms with Crippen molar-refractivity contribution in [1.29, 1.82) is 0 Å². The van der Waals surface area contributed by atoms with Crippen molar-refractivity contribution in [2.24, 2.45) is 5.16 Å². The number of benzene rings is 1. The number of carbonyl (C=O) groups excluding carboxylic acids is 2. The van der Waals surface area contributed by atoms with Crippen LogP contribution in [0.25, 0.3) is 0 Å². The van der Waals surface area contributed by atoms with E-state index < -0.39 is 11.8 Å². The summed E-state index contributed by atoms with van der Waals surface area (Å²) >= 11 is 0. The van der Waals surface area contributed by atoms with Crippen molar-refractivity contribution < 1.29 is 28.7 Å². The SMILES string of the molecule is CC(C)OC(=O)N1CCC(ON=C2CCC(c3ccc(NC(=O)NCCO)c(F)c3)CC2)CC1. The van der Waals surface area contributed by atoms with Gasteiger partial charge in [0.2, 0.25) is 0 Å². The van der Waals surface area contributed by atoms with Crippen molar-refractivity contribution in [2.75, 3.05) is 31.6 Å². The number of ether oxygens (including phenoxy) is 1. The highest BCUT2D eigenvalue weighted by molar-refractivity contribution is 5.89. The van der Waals surface area contributed by atoms with Gasteiger partial charge in [-0.3, -0.25) is 0 Å². The smallest absolute Gasteiger partial charge is 0.410 e. The van der Waals surface area contributed by atoms with Crippen LogP contribution in [-0.4, -0.2) is 66.3 Å². The minimum atomic E-state index is -0.555. The Morgan fingerprint density at radius 2 is 1.91 bits per heavy atom. The summed E-state index contributed by atoms with van der Waals surface area (Å²) in [6.07, 6.45) is 4.33. The fourth-order valence-corrected chi connectivity index (χ4v) is 4.17. The number of nitrogens with one attached hydrogen (secondary N) is 2. The summed E-state index contributed by atoms with van der Waals surface area (Å²) in [5, 5.41) is 18.0. The number of rotatable bonds is 7. The lowest BCUT2D eigenvalue weighted by Crippen LogP contribution is -2.41. The van der Waals surface area contributed by atoms with Crippen LogP contribution in [0.1, 0.15) is 63.9 Å². The molecule has 3 amide bonds. The maximum atomic E-state index is 14.5. The monoisotopic (exact) mass is 478 g/mol. The van der Waals surface area contributed by atoms with Crippen LogP contribution in [0, 0.1) is 5.82 Å². The van der Waals surface area contributed by atoms with Gasteiger partial charge in [0.15, 0.2) is 0 Å². The van der Waals surface area contributed by atoms with Crippen LogP contribution in [0.2, 0.25) is 0 Å². The third-order valence-electron chi connectivity index (χ3n) is 6.04. The molecule has 3 N–H and O–H groups in total. The molecule has 0 radical (unpaired) electrons. The molecular weight excluding hydrogens is 443 g/mol. The largest absolute Gasteiger partial charge is 0.447 e. The van der Waals surface area contributed by atoms with E-state index in [1.807, 2.05) is 19.9 Å². The van der Waals surface area contributed by atoms with Gasteiger partial charge in [0, 0.05) is 32.5 Å². The fraction of sp³-hybridized carbons (Fsp3) is 0.625. The van der Waals surface area contributed by atoms with Gasteiger partial charge in [-0.15, -0.1) is 0 Å². The second-order valence-corrected chi connectivity index (χ2v) is 9.00. The van der Waals surface area contributed by atoms with E-state index >= 15 is 0 Å². The molecule has 0 spiro atoms. The second kappa shape index (κ2) is 12.5. The minimum absolute atomic E-state index is 0.00274. The van der Waals surface area contributed by atoms with Crippen molar-refractivity contribution in [3.05, 3.63) is 29.6 Å². The number of hydrogen-bond donors (Lipinski definition) is 3. The summed E-state index contributed by atoms with van der Waals surface area (Å²) < 4.78 is 19.7. The minimum Gasteiger partial charge on any atom is -0.447 e. The van der Waals surface area contributed by atoms with Gasteiger partial charge in [0.05, 0.1) is 24.1 Å². The van der Waals surface area contributed by atoms with Gasteiger partial charge in [-0.25, -0.2) is 14.0 Å². The average molecular weight is 479 g/mol. The lowest BCUT2D eigenvalue weighted by Gasteiger charge is -2.31. The van der Waals surface area contributed by atoms with Crippen molar-refractivity contribution in [2.45, 2.75) is 70.5 Å². The number of halogens is 1. The zero-order chi connectivity index (χ0) is 24.5. The molecule has 0 aromatic heterocycles. The Balaban J connectivity index is 1.42. The standard InChI is InChI=1S/C24H35FN4O5/c1-16(2)33-24(32)29-12-9-20(10-13-29)34-28-19-6-3-17(4-7-19)18-5-8-22(21(25)15-18)27-23(31)26-11-14-30/h5,8,15-17,20,30H,3-4,6-7,9-14H2,1-2H3,(H2,26,27,31). The number of aliphatic hydroxyl groups is 1. The van der Waals surface area contributed by atoms with E-state index in [1.54, 1.807) is 11.0 Å². The van der Waals surface area contributed by atoms with E-state index in [1.165, 1.54) is 6.07 Å². The molecule has 1 aliphatic carbocycles. The number of anilines is 1. The first-order chi connectivity index (χ1) is 16.4. The maximum absolute atomic E-state index is 14.5. The zero-order valence-electron chi connectivity index (χ0n) is 19.9. The van der Waals surface area contributed by atoms with E-state index in [9.17, 15) is 14.0 Å². The summed E-state index contributed by atoms with van der Waals surface area (Å²) in [7, 11) is 0. The fourth-order valence-electron chi connectivity index (χ4n) is 4.17. The van der Waals surface area contributed by atoms with Gasteiger partial charge in [-0.05, 0) is 63.1 Å². The van der Waals surface area contributed by atoms with Crippen LogP contribution in [0.5, 0.6) is 0 Å². The average Bonchev–Trinajstić information content (AvgIpc) is 2.83. The van der Waals surface area contributed by atoms with Crippen LogP contribution in [0.4, 0.5) is 19.7 Å². The molecule has 9 nitrogen and oxygen atoms in total. The quantitative estimate of drug-likeness (QED) is 0.513. The number of piperidine rings is 1. The molecule has 1 saturated carbocycles. The van der Waals surface area contributed by atoms with E-state index in [0.29, 0.717) is 13.1 Å². The normalized spacial score (nSPS) is 19.0. The number of hydrogen-bond acceptors (Lipinski definition) is 6. The summed E-state index contributed by atoms with van der Waals surface area (Å²) in [5.74, 6) is -0.260. The van der Waals surface area contributed by atoms with Gasteiger partial charge in [-0.1, -0.05) is 11.2 Å². The van der Waals surface area contributed by atoms with Crippen LogP contribution < -0.4 is 10.6 Å². The summed E-state index contributed by atoms with van der Waals surface area (Å²) in [6, 6.07) is 4.33. The number of nitrogens with zero attached hydrogens (tertiary/aromatic N) is 2. The van der Waals surface area contributed by atoms with Gasteiger partial charge in [0.1, 0.15) is 11.9 Å². The van der Waals surface area contributed by atoms with Crippen molar-refractivity contribution in [1.82, 2.24) is 10.2 Å². The van der Waals surface area contributed by atoms with Gasteiger partial charge in [0.25, 0.3) is 0 Å². The topological polar surface area (TPSA) is 112 Å².